The summed E-state index contributed by atoms with van der Waals surface area (Å²) in [7, 11) is 0. The first kappa shape index (κ1) is 10.2. The lowest BCUT2D eigenvalue weighted by Crippen LogP contribution is -2.46. The van der Waals surface area contributed by atoms with Crippen molar-refractivity contribution in [2.24, 2.45) is 0 Å². The van der Waals surface area contributed by atoms with Crippen molar-refractivity contribution in [1.82, 2.24) is 0 Å². The van der Waals surface area contributed by atoms with Gasteiger partial charge in [0.25, 0.3) is 0 Å². The minimum Gasteiger partial charge on any atom is -0.389 e. The lowest BCUT2D eigenvalue weighted by Gasteiger charge is -2.33. The number of aliphatic hydroxyl groups is 2. The Kier molecular flexibility index (Phi) is 2.74. The molecule has 0 atom stereocenters. The molecular formula is C7H15ClO2. The zero-order chi connectivity index (χ0) is 8.58. The van der Waals surface area contributed by atoms with E-state index in [1.807, 2.05) is 0 Å². The lowest BCUT2D eigenvalue weighted by atomic mass is 9.92. The Hall–Kier alpha value is 0.210. The van der Waals surface area contributed by atoms with Gasteiger partial charge in [0, 0.05) is 0 Å². The molecule has 0 fully saturated rings. The van der Waals surface area contributed by atoms with E-state index in [9.17, 15) is 10.2 Å². The highest BCUT2D eigenvalue weighted by Crippen LogP contribution is 2.25. The molecule has 0 unspecified atom stereocenters. The predicted molar refractivity (Wildman–Crippen MR) is 42.2 cm³/mol. The fourth-order valence-corrected chi connectivity index (χ4v) is 0.864. The summed E-state index contributed by atoms with van der Waals surface area (Å²) in [5.74, 6) is 0. The Labute approximate surface area is 66.8 Å². The molecule has 0 aromatic heterocycles. The minimum absolute atomic E-state index is 0.653. The van der Waals surface area contributed by atoms with Crippen LogP contribution in [-0.2, 0) is 0 Å². The summed E-state index contributed by atoms with van der Waals surface area (Å²) in [4.78, 5) is 0. The third-order valence-electron chi connectivity index (χ3n) is 1.24. The molecule has 0 aromatic rings. The fraction of sp³-hybridized carbons (Fsp3) is 1.00. The molecule has 0 aromatic carbocycles. The topological polar surface area (TPSA) is 40.5 Å². The quantitative estimate of drug-likeness (QED) is 0.604. The molecule has 2 N–H and O–H groups in total. The van der Waals surface area contributed by atoms with E-state index in [1.165, 1.54) is 0 Å². The number of hydrogen-bond donors (Lipinski definition) is 2. The van der Waals surface area contributed by atoms with Crippen molar-refractivity contribution in [1.29, 1.82) is 0 Å². The second-order valence-electron chi connectivity index (χ2n) is 3.67. The summed E-state index contributed by atoms with van der Waals surface area (Å²) in [6.07, 6.45) is 0. The zero-order valence-corrected chi connectivity index (χ0v) is 7.61. The van der Waals surface area contributed by atoms with Crippen LogP contribution in [0.4, 0.5) is 0 Å². The minimum atomic E-state index is -1.04. The van der Waals surface area contributed by atoms with Gasteiger partial charge in [-0.2, -0.15) is 0 Å². The van der Waals surface area contributed by atoms with Crippen molar-refractivity contribution in [3.63, 3.8) is 0 Å². The molecule has 62 valence electrons. The van der Waals surface area contributed by atoms with E-state index in [2.05, 4.69) is 0 Å². The average molecular weight is 167 g/mol. The molecule has 2 nitrogen and oxygen atoms in total. The van der Waals surface area contributed by atoms with Crippen molar-refractivity contribution in [2.45, 2.75) is 44.3 Å². The summed E-state index contributed by atoms with van der Waals surface area (Å²) in [5, 5.41) is 18.0. The van der Waals surface area contributed by atoms with Gasteiger partial charge in [0.1, 0.15) is 0 Å². The van der Waals surface area contributed by atoms with Crippen LogP contribution >= 0.6 is 11.6 Å². The lowest BCUT2D eigenvalue weighted by molar-refractivity contribution is -0.0186. The van der Waals surface area contributed by atoms with Crippen LogP contribution in [0.25, 0.3) is 0 Å². The predicted octanol–water partition coefficient (Wildman–Crippen LogP) is 1.14. The van der Waals surface area contributed by atoms with E-state index in [0.717, 1.165) is 0 Å². The van der Waals surface area contributed by atoms with Crippen LogP contribution in [0.15, 0.2) is 0 Å². The third-order valence-corrected chi connectivity index (χ3v) is 2.31. The SMILES string of the molecule is CC(C)(O)C(Cl)C(C)(C)O. The first-order chi connectivity index (χ1) is 4.15. The van der Waals surface area contributed by atoms with Gasteiger partial charge >= 0.3 is 0 Å². The highest BCUT2D eigenvalue weighted by Gasteiger charge is 2.36. The molecule has 10 heavy (non-hydrogen) atoms. The van der Waals surface area contributed by atoms with Gasteiger partial charge in [-0.25, -0.2) is 0 Å². The summed E-state index contributed by atoms with van der Waals surface area (Å²) < 4.78 is 0. The van der Waals surface area contributed by atoms with Gasteiger partial charge < -0.3 is 10.2 Å². The van der Waals surface area contributed by atoms with Crippen LogP contribution in [0, 0.1) is 0 Å². The van der Waals surface area contributed by atoms with Crippen molar-refractivity contribution in [2.75, 3.05) is 0 Å². The van der Waals surface area contributed by atoms with Gasteiger partial charge in [-0.1, -0.05) is 0 Å². The monoisotopic (exact) mass is 166 g/mol. The maximum absolute atomic E-state index is 9.33. The van der Waals surface area contributed by atoms with Crippen molar-refractivity contribution < 1.29 is 10.2 Å². The van der Waals surface area contributed by atoms with E-state index in [-0.39, 0.29) is 0 Å². The fourth-order valence-electron chi connectivity index (χ4n) is 0.864. The standard InChI is InChI=1S/C7H15ClO2/c1-6(2,9)5(8)7(3,4)10/h5,9-10H,1-4H3. The molecular weight excluding hydrogens is 152 g/mol. The molecule has 0 aliphatic rings. The number of halogens is 1. The Bertz CT molecular complexity index is 95.8. The Morgan fingerprint density at radius 3 is 1.20 bits per heavy atom. The first-order valence-electron chi connectivity index (χ1n) is 3.24. The smallest absolute Gasteiger partial charge is 0.0899 e. The molecule has 0 aliphatic carbocycles. The Morgan fingerprint density at radius 2 is 1.20 bits per heavy atom. The second kappa shape index (κ2) is 2.68. The highest BCUT2D eigenvalue weighted by molar-refractivity contribution is 6.22. The van der Waals surface area contributed by atoms with E-state index in [1.54, 1.807) is 27.7 Å². The molecule has 0 saturated heterocycles. The van der Waals surface area contributed by atoms with Gasteiger partial charge in [0.15, 0.2) is 0 Å². The number of hydrogen-bond acceptors (Lipinski definition) is 2. The van der Waals surface area contributed by atoms with Crippen LogP contribution < -0.4 is 0 Å². The van der Waals surface area contributed by atoms with Crippen molar-refractivity contribution >= 4 is 11.6 Å². The van der Waals surface area contributed by atoms with E-state index in [4.69, 9.17) is 11.6 Å². The van der Waals surface area contributed by atoms with Crippen molar-refractivity contribution in [3.8, 4) is 0 Å². The van der Waals surface area contributed by atoms with E-state index < -0.39 is 16.6 Å². The van der Waals surface area contributed by atoms with E-state index in [0.29, 0.717) is 0 Å². The van der Waals surface area contributed by atoms with Crippen LogP contribution in [0.2, 0.25) is 0 Å². The van der Waals surface area contributed by atoms with Crippen LogP contribution in [0.3, 0.4) is 0 Å². The average Bonchev–Trinajstić information content (AvgIpc) is 1.59. The van der Waals surface area contributed by atoms with Crippen molar-refractivity contribution in [3.05, 3.63) is 0 Å². The third kappa shape index (κ3) is 2.86. The maximum Gasteiger partial charge on any atom is 0.0899 e. The molecule has 0 heterocycles. The van der Waals surface area contributed by atoms with E-state index >= 15 is 0 Å². The summed E-state index contributed by atoms with van der Waals surface area (Å²) in [6, 6.07) is 0. The zero-order valence-electron chi connectivity index (χ0n) is 6.85. The largest absolute Gasteiger partial charge is 0.389 e. The van der Waals surface area contributed by atoms with Gasteiger partial charge in [0.05, 0.1) is 16.6 Å². The van der Waals surface area contributed by atoms with Gasteiger partial charge in [-0.3, -0.25) is 0 Å². The molecule has 0 rings (SSSR count). The number of rotatable bonds is 2. The summed E-state index contributed by atoms with van der Waals surface area (Å²) in [5.41, 5.74) is -2.08. The molecule has 0 spiro atoms. The second-order valence-corrected chi connectivity index (χ2v) is 4.11. The summed E-state index contributed by atoms with van der Waals surface area (Å²) >= 11 is 5.73. The molecule has 0 saturated carbocycles. The molecule has 0 radical (unpaired) electrons. The number of alkyl halides is 1. The molecule has 3 heteroatoms. The van der Waals surface area contributed by atoms with Crippen LogP contribution in [-0.4, -0.2) is 26.8 Å². The highest BCUT2D eigenvalue weighted by atomic mass is 35.5. The van der Waals surface area contributed by atoms with Crippen LogP contribution in [0.1, 0.15) is 27.7 Å². The Balaban J connectivity index is 4.23. The van der Waals surface area contributed by atoms with Crippen LogP contribution in [0.5, 0.6) is 0 Å². The molecule has 0 amide bonds. The summed E-state index contributed by atoms with van der Waals surface area (Å²) in [6.45, 7) is 6.29. The maximum atomic E-state index is 9.33. The molecule has 0 bridgehead atoms. The normalized spacial score (nSPS) is 14.4. The van der Waals surface area contributed by atoms with Gasteiger partial charge in [-0.05, 0) is 27.7 Å². The van der Waals surface area contributed by atoms with Gasteiger partial charge in [0.2, 0.25) is 0 Å². The Morgan fingerprint density at radius 1 is 1.00 bits per heavy atom. The first-order valence-corrected chi connectivity index (χ1v) is 3.68. The molecule has 0 aliphatic heterocycles. The van der Waals surface area contributed by atoms with Gasteiger partial charge in [-0.15, -0.1) is 11.6 Å².